The molecule has 0 amide bonds. The summed E-state index contributed by atoms with van der Waals surface area (Å²) in [6, 6.07) is 10.8. The first kappa shape index (κ1) is 13.5. The van der Waals surface area contributed by atoms with Crippen LogP contribution in [0.15, 0.2) is 40.9 Å². The Hall–Kier alpha value is -1.88. The Morgan fingerprint density at radius 3 is 2.79 bits per heavy atom. The number of hydrogen-bond acceptors (Lipinski definition) is 3. The summed E-state index contributed by atoms with van der Waals surface area (Å²) in [6.07, 6.45) is 0. The van der Waals surface area contributed by atoms with Crippen molar-refractivity contribution < 1.29 is 14.6 Å². The average molecular weight is 322 g/mol. The van der Waals surface area contributed by atoms with Crippen LogP contribution in [0.5, 0.6) is 5.88 Å². The molecule has 4 nitrogen and oxygen atoms in total. The number of ether oxygens (including phenoxy) is 1. The lowest BCUT2D eigenvalue weighted by Gasteiger charge is -2.07. The number of hydrogen-bond donors (Lipinski definition) is 1. The van der Waals surface area contributed by atoms with Gasteiger partial charge in [0.05, 0.1) is 11.3 Å². The molecule has 0 saturated heterocycles. The molecule has 0 unspecified atom stereocenters. The van der Waals surface area contributed by atoms with Gasteiger partial charge in [-0.25, -0.2) is 9.78 Å². The van der Waals surface area contributed by atoms with Crippen LogP contribution >= 0.6 is 15.9 Å². The van der Waals surface area contributed by atoms with E-state index in [2.05, 4.69) is 20.9 Å². The maximum absolute atomic E-state index is 10.9. The van der Waals surface area contributed by atoms with Gasteiger partial charge < -0.3 is 9.84 Å². The van der Waals surface area contributed by atoms with E-state index in [1.165, 1.54) is 6.07 Å². The summed E-state index contributed by atoms with van der Waals surface area (Å²) in [4.78, 5) is 15.0. The fourth-order valence-electron chi connectivity index (χ4n) is 1.63. The van der Waals surface area contributed by atoms with Gasteiger partial charge in [0.25, 0.3) is 0 Å². The molecule has 1 aromatic heterocycles. The highest BCUT2D eigenvalue weighted by Gasteiger charge is 2.09. The average Bonchev–Trinajstić information content (AvgIpc) is 2.36. The molecule has 0 aliphatic rings. The van der Waals surface area contributed by atoms with Gasteiger partial charge in [-0.15, -0.1) is 0 Å². The summed E-state index contributed by atoms with van der Waals surface area (Å²) >= 11 is 3.39. The summed E-state index contributed by atoms with van der Waals surface area (Å²) in [5.41, 5.74) is 1.64. The maximum atomic E-state index is 10.9. The van der Waals surface area contributed by atoms with Gasteiger partial charge in [0.15, 0.2) is 0 Å². The molecule has 1 N–H and O–H groups in total. The molecule has 1 aromatic carbocycles. The topological polar surface area (TPSA) is 59.4 Å². The summed E-state index contributed by atoms with van der Waals surface area (Å²) in [5, 5.41) is 8.91. The Balaban J connectivity index is 2.08. The highest BCUT2D eigenvalue weighted by molar-refractivity contribution is 9.10. The summed E-state index contributed by atoms with van der Waals surface area (Å²) in [5.74, 6) is -0.564. The number of aryl methyl sites for hydroxylation is 1. The molecule has 1 heterocycles. The molecule has 19 heavy (non-hydrogen) atoms. The van der Waals surface area contributed by atoms with E-state index >= 15 is 0 Å². The number of pyridine rings is 1. The van der Waals surface area contributed by atoms with Crippen LogP contribution in [0.1, 0.15) is 21.6 Å². The van der Waals surface area contributed by atoms with Crippen molar-refractivity contribution in [2.24, 2.45) is 0 Å². The predicted molar refractivity (Wildman–Crippen MR) is 74.4 cm³/mol. The number of carbonyl (C=O) groups is 1. The number of carboxylic acids is 1. The quantitative estimate of drug-likeness (QED) is 0.937. The molecule has 0 radical (unpaired) electrons. The van der Waals surface area contributed by atoms with Gasteiger partial charge in [0, 0.05) is 10.5 Å². The minimum absolute atomic E-state index is 0.190. The molecule has 0 aliphatic carbocycles. The van der Waals surface area contributed by atoms with Crippen LogP contribution in [-0.2, 0) is 6.61 Å². The molecule has 0 aliphatic heterocycles. The molecule has 0 bridgehead atoms. The fourth-order valence-corrected chi connectivity index (χ4v) is 2.08. The second-order valence-corrected chi connectivity index (χ2v) is 4.92. The highest BCUT2D eigenvalue weighted by atomic mass is 79.9. The Morgan fingerprint density at radius 2 is 2.16 bits per heavy atom. The van der Waals surface area contributed by atoms with E-state index < -0.39 is 5.97 Å². The van der Waals surface area contributed by atoms with Crippen molar-refractivity contribution in [2.45, 2.75) is 13.5 Å². The minimum atomic E-state index is -0.983. The zero-order chi connectivity index (χ0) is 13.8. The SMILES string of the molecule is Cc1nc(OCc2cccc(Br)c2)ccc1C(=O)O. The molecule has 2 aromatic rings. The third kappa shape index (κ3) is 3.54. The van der Waals surface area contributed by atoms with Gasteiger partial charge in [0.1, 0.15) is 6.61 Å². The van der Waals surface area contributed by atoms with Gasteiger partial charge in [-0.2, -0.15) is 0 Å². The molecule has 0 fully saturated rings. The maximum Gasteiger partial charge on any atom is 0.337 e. The zero-order valence-corrected chi connectivity index (χ0v) is 11.8. The number of nitrogens with zero attached hydrogens (tertiary/aromatic N) is 1. The van der Waals surface area contributed by atoms with E-state index in [-0.39, 0.29) is 5.56 Å². The normalized spacial score (nSPS) is 10.2. The Labute approximate surface area is 119 Å². The van der Waals surface area contributed by atoms with E-state index in [1.54, 1.807) is 13.0 Å². The van der Waals surface area contributed by atoms with Gasteiger partial charge in [-0.05, 0) is 30.7 Å². The van der Waals surface area contributed by atoms with Crippen molar-refractivity contribution in [1.82, 2.24) is 4.98 Å². The lowest BCUT2D eigenvalue weighted by atomic mass is 10.2. The van der Waals surface area contributed by atoms with Crippen molar-refractivity contribution in [3.63, 3.8) is 0 Å². The second-order valence-electron chi connectivity index (χ2n) is 4.01. The summed E-state index contributed by atoms with van der Waals surface area (Å²) in [7, 11) is 0. The van der Waals surface area contributed by atoms with Crippen molar-refractivity contribution in [3.05, 3.63) is 57.7 Å². The van der Waals surface area contributed by atoms with Crippen LogP contribution in [0.2, 0.25) is 0 Å². The Bertz CT molecular complexity index is 613. The first-order chi connectivity index (χ1) is 9.06. The van der Waals surface area contributed by atoms with E-state index in [4.69, 9.17) is 9.84 Å². The Kier molecular flexibility index (Phi) is 4.16. The van der Waals surface area contributed by atoms with Gasteiger partial charge in [-0.3, -0.25) is 0 Å². The van der Waals surface area contributed by atoms with Gasteiger partial charge in [-0.1, -0.05) is 28.1 Å². The first-order valence-corrected chi connectivity index (χ1v) is 6.44. The van der Waals surface area contributed by atoms with Gasteiger partial charge >= 0.3 is 5.97 Å². The zero-order valence-electron chi connectivity index (χ0n) is 10.3. The number of aromatic carboxylic acids is 1. The van der Waals surface area contributed by atoms with E-state index in [9.17, 15) is 4.79 Å². The number of benzene rings is 1. The third-order valence-electron chi connectivity index (χ3n) is 2.57. The van der Waals surface area contributed by atoms with Crippen LogP contribution in [0, 0.1) is 6.92 Å². The van der Waals surface area contributed by atoms with Crippen molar-refractivity contribution >= 4 is 21.9 Å². The van der Waals surface area contributed by atoms with E-state index in [0.29, 0.717) is 18.2 Å². The van der Waals surface area contributed by atoms with E-state index in [1.807, 2.05) is 24.3 Å². The van der Waals surface area contributed by atoms with Crippen LogP contribution in [0.4, 0.5) is 0 Å². The first-order valence-electron chi connectivity index (χ1n) is 5.64. The van der Waals surface area contributed by atoms with Crippen LogP contribution in [0.3, 0.4) is 0 Å². The summed E-state index contributed by atoms with van der Waals surface area (Å²) < 4.78 is 6.52. The number of carboxylic acid groups (broad SMARTS) is 1. The fraction of sp³-hybridized carbons (Fsp3) is 0.143. The van der Waals surface area contributed by atoms with Crippen molar-refractivity contribution in [3.8, 4) is 5.88 Å². The van der Waals surface area contributed by atoms with Gasteiger partial charge in [0.2, 0.25) is 5.88 Å². The molecule has 0 spiro atoms. The predicted octanol–water partition coefficient (Wildman–Crippen LogP) is 3.43. The molecule has 2 rings (SSSR count). The lowest BCUT2D eigenvalue weighted by Crippen LogP contribution is -2.04. The van der Waals surface area contributed by atoms with Crippen LogP contribution in [-0.4, -0.2) is 16.1 Å². The monoisotopic (exact) mass is 321 g/mol. The Morgan fingerprint density at radius 1 is 1.37 bits per heavy atom. The minimum Gasteiger partial charge on any atom is -0.478 e. The lowest BCUT2D eigenvalue weighted by molar-refractivity contribution is 0.0695. The number of aromatic nitrogens is 1. The smallest absolute Gasteiger partial charge is 0.337 e. The molecule has 98 valence electrons. The van der Waals surface area contributed by atoms with Crippen LogP contribution in [0.25, 0.3) is 0 Å². The molecule has 0 saturated carbocycles. The molecule has 0 atom stereocenters. The van der Waals surface area contributed by atoms with Crippen molar-refractivity contribution in [2.75, 3.05) is 0 Å². The van der Waals surface area contributed by atoms with Crippen molar-refractivity contribution in [1.29, 1.82) is 0 Å². The van der Waals surface area contributed by atoms with E-state index in [0.717, 1.165) is 10.0 Å². The third-order valence-corrected chi connectivity index (χ3v) is 3.06. The molecular formula is C14H12BrNO3. The standard InChI is InChI=1S/C14H12BrNO3/c1-9-12(14(17)18)5-6-13(16-9)19-8-10-3-2-4-11(15)7-10/h2-7H,8H2,1H3,(H,17,18). The number of rotatable bonds is 4. The summed E-state index contributed by atoms with van der Waals surface area (Å²) in [6.45, 7) is 2.04. The number of halogens is 1. The molecule has 5 heteroatoms. The molecular weight excluding hydrogens is 310 g/mol. The highest BCUT2D eigenvalue weighted by Crippen LogP contribution is 2.16. The van der Waals surface area contributed by atoms with Crippen LogP contribution < -0.4 is 4.74 Å². The largest absolute Gasteiger partial charge is 0.478 e. The second kappa shape index (κ2) is 5.84.